The first-order valence-electron chi connectivity index (χ1n) is 6.53. The molecule has 22 heavy (non-hydrogen) atoms. The van der Waals surface area contributed by atoms with Crippen LogP contribution >= 0.6 is 0 Å². The second-order valence-electron chi connectivity index (χ2n) is 5.15. The van der Waals surface area contributed by atoms with Crippen LogP contribution in [0.4, 0.5) is 0 Å². The number of benzene rings is 1. The van der Waals surface area contributed by atoms with Crippen molar-refractivity contribution in [1.82, 2.24) is 0 Å². The Kier molecular flexibility index (Phi) is 4.87. The number of hydrogen-bond acceptors (Lipinski definition) is 8. The molecule has 0 amide bonds. The Morgan fingerprint density at radius 1 is 1.27 bits per heavy atom. The van der Waals surface area contributed by atoms with Gasteiger partial charge in [0.2, 0.25) is 5.79 Å². The molecule has 0 saturated carbocycles. The summed E-state index contributed by atoms with van der Waals surface area (Å²) < 4.78 is 33.6. The lowest BCUT2D eigenvalue weighted by Crippen LogP contribution is -2.47. The maximum Gasteiger partial charge on any atom is 0.297 e. The number of hydrogen-bond donors (Lipinski definition) is 4. The fourth-order valence-electron chi connectivity index (χ4n) is 2.07. The molecule has 0 radical (unpaired) electrons. The second-order valence-corrected chi connectivity index (χ2v) is 6.76. The van der Waals surface area contributed by atoms with Gasteiger partial charge in [0.25, 0.3) is 10.1 Å². The maximum atomic E-state index is 12.0. The van der Waals surface area contributed by atoms with Gasteiger partial charge in [-0.1, -0.05) is 17.7 Å². The molecule has 1 aliphatic rings. The van der Waals surface area contributed by atoms with Crippen molar-refractivity contribution >= 4 is 10.1 Å². The minimum absolute atomic E-state index is 0.117. The monoisotopic (exact) mass is 334 g/mol. The van der Waals surface area contributed by atoms with E-state index in [2.05, 4.69) is 0 Å². The van der Waals surface area contributed by atoms with Crippen molar-refractivity contribution in [3.8, 4) is 0 Å². The number of aliphatic hydroxyl groups is 4. The van der Waals surface area contributed by atoms with Crippen molar-refractivity contribution in [2.45, 2.75) is 35.9 Å². The first-order valence-corrected chi connectivity index (χ1v) is 7.94. The molecule has 0 bridgehead atoms. The SMILES string of the molecule is Cc1ccc(S(=O)(=O)OC[C@@]2(O)O[C@H](CO)[C@@H](O)[C@H]2O)cc1. The summed E-state index contributed by atoms with van der Waals surface area (Å²) in [6, 6.07) is 5.84. The summed E-state index contributed by atoms with van der Waals surface area (Å²) in [5.74, 6) is -2.43. The van der Waals surface area contributed by atoms with Crippen LogP contribution in [0.1, 0.15) is 5.56 Å². The first-order chi connectivity index (χ1) is 10.2. The van der Waals surface area contributed by atoms with Gasteiger partial charge in [-0.3, -0.25) is 4.18 Å². The molecule has 4 atom stereocenters. The minimum Gasteiger partial charge on any atom is -0.394 e. The molecule has 9 heteroatoms. The third-order valence-corrected chi connectivity index (χ3v) is 4.71. The fraction of sp³-hybridized carbons (Fsp3) is 0.538. The van der Waals surface area contributed by atoms with Gasteiger partial charge in [-0.05, 0) is 19.1 Å². The zero-order valence-electron chi connectivity index (χ0n) is 11.8. The highest BCUT2D eigenvalue weighted by Crippen LogP contribution is 2.30. The van der Waals surface area contributed by atoms with E-state index in [1.54, 1.807) is 19.1 Å². The van der Waals surface area contributed by atoms with Crippen molar-refractivity contribution < 1.29 is 37.8 Å². The average molecular weight is 334 g/mol. The Bertz CT molecular complexity index is 613. The minimum atomic E-state index is -4.16. The summed E-state index contributed by atoms with van der Waals surface area (Å²) in [7, 11) is -4.16. The van der Waals surface area contributed by atoms with E-state index >= 15 is 0 Å². The molecule has 0 aliphatic carbocycles. The van der Waals surface area contributed by atoms with Gasteiger partial charge in [0, 0.05) is 0 Å². The number of aliphatic hydroxyl groups excluding tert-OH is 3. The number of rotatable bonds is 5. The second kappa shape index (κ2) is 6.20. The third kappa shape index (κ3) is 3.30. The largest absolute Gasteiger partial charge is 0.394 e. The van der Waals surface area contributed by atoms with E-state index in [-0.39, 0.29) is 4.90 Å². The molecule has 1 heterocycles. The van der Waals surface area contributed by atoms with Gasteiger partial charge in [0.05, 0.1) is 11.5 Å². The molecule has 2 rings (SSSR count). The lowest BCUT2D eigenvalue weighted by Gasteiger charge is -2.25. The molecular formula is C13H18O8S. The summed E-state index contributed by atoms with van der Waals surface area (Å²) in [5.41, 5.74) is 0.862. The molecule has 0 aromatic heterocycles. The highest BCUT2D eigenvalue weighted by Gasteiger charge is 2.54. The van der Waals surface area contributed by atoms with Gasteiger partial charge in [-0.15, -0.1) is 0 Å². The standard InChI is InChI=1S/C13H18O8S/c1-8-2-4-9(5-3-8)22(18,19)20-7-13(17)12(16)11(15)10(6-14)21-13/h2-5,10-12,14-17H,6-7H2,1H3/t10-,11-,12-,13-/m1/s1. The van der Waals surface area contributed by atoms with E-state index in [0.717, 1.165) is 5.56 Å². The van der Waals surface area contributed by atoms with Crippen LogP contribution in [0.15, 0.2) is 29.2 Å². The molecular weight excluding hydrogens is 316 g/mol. The molecule has 4 N–H and O–H groups in total. The first kappa shape index (κ1) is 17.3. The van der Waals surface area contributed by atoms with E-state index in [0.29, 0.717) is 0 Å². The van der Waals surface area contributed by atoms with E-state index in [1.165, 1.54) is 12.1 Å². The lowest BCUT2D eigenvalue weighted by molar-refractivity contribution is -0.243. The molecule has 1 aliphatic heterocycles. The zero-order chi connectivity index (χ0) is 16.5. The zero-order valence-corrected chi connectivity index (χ0v) is 12.6. The highest BCUT2D eigenvalue weighted by atomic mass is 32.2. The van der Waals surface area contributed by atoms with E-state index in [4.69, 9.17) is 14.0 Å². The van der Waals surface area contributed by atoms with Crippen LogP contribution in [0, 0.1) is 6.92 Å². The van der Waals surface area contributed by atoms with Gasteiger partial charge in [0.1, 0.15) is 24.9 Å². The van der Waals surface area contributed by atoms with E-state index < -0.39 is 47.4 Å². The van der Waals surface area contributed by atoms with Crippen LogP contribution in [0.25, 0.3) is 0 Å². The van der Waals surface area contributed by atoms with Gasteiger partial charge in [-0.2, -0.15) is 8.42 Å². The van der Waals surface area contributed by atoms with Crippen LogP contribution in [0.3, 0.4) is 0 Å². The Hall–Kier alpha value is -1.07. The predicted molar refractivity (Wildman–Crippen MR) is 73.2 cm³/mol. The van der Waals surface area contributed by atoms with Crippen molar-refractivity contribution in [3.63, 3.8) is 0 Å². The van der Waals surface area contributed by atoms with Crippen LogP contribution in [-0.4, -0.2) is 66.2 Å². The molecule has 0 unspecified atom stereocenters. The summed E-state index contributed by atoms with van der Waals surface area (Å²) in [5, 5.41) is 38.3. The molecule has 8 nitrogen and oxygen atoms in total. The molecule has 1 aromatic rings. The summed E-state index contributed by atoms with van der Waals surface area (Å²) >= 11 is 0. The smallest absolute Gasteiger partial charge is 0.297 e. The summed E-state index contributed by atoms with van der Waals surface area (Å²) in [4.78, 5) is -0.117. The molecule has 1 fully saturated rings. The van der Waals surface area contributed by atoms with Gasteiger partial charge >= 0.3 is 0 Å². The summed E-state index contributed by atoms with van der Waals surface area (Å²) in [6.45, 7) is 0.225. The van der Waals surface area contributed by atoms with Crippen LogP contribution < -0.4 is 0 Å². The quantitative estimate of drug-likeness (QED) is 0.478. The Labute approximate surface area is 127 Å². The number of aryl methyl sites for hydroxylation is 1. The topological polar surface area (TPSA) is 134 Å². The summed E-state index contributed by atoms with van der Waals surface area (Å²) in [6.07, 6.45) is -4.59. The average Bonchev–Trinajstić information content (AvgIpc) is 2.70. The van der Waals surface area contributed by atoms with E-state index in [9.17, 15) is 23.7 Å². The molecule has 0 spiro atoms. The van der Waals surface area contributed by atoms with Crippen LogP contribution in [0.2, 0.25) is 0 Å². The van der Waals surface area contributed by atoms with Gasteiger partial charge in [0.15, 0.2) is 0 Å². The number of ether oxygens (including phenoxy) is 1. The normalized spacial score (nSPS) is 32.3. The van der Waals surface area contributed by atoms with Crippen molar-refractivity contribution in [2.24, 2.45) is 0 Å². The van der Waals surface area contributed by atoms with E-state index in [1.807, 2.05) is 0 Å². The van der Waals surface area contributed by atoms with Crippen molar-refractivity contribution in [2.75, 3.05) is 13.2 Å². The van der Waals surface area contributed by atoms with Crippen molar-refractivity contribution in [1.29, 1.82) is 0 Å². The fourth-order valence-corrected chi connectivity index (χ4v) is 3.00. The van der Waals surface area contributed by atoms with Crippen LogP contribution in [0.5, 0.6) is 0 Å². The Morgan fingerprint density at radius 3 is 2.36 bits per heavy atom. The van der Waals surface area contributed by atoms with Gasteiger partial charge in [-0.25, -0.2) is 0 Å². The highest BCUT2D eigenvalue weighted by molar-refractivity contribution is 7.86. The third-order valence-electron chi connectivity index (χ3n) is 3.43. The molecule has 1 aromatic carbocycles. The molecule has 124 valence electrons. The van der Waals surface area contributed by atoms with Gasteiger partial charge < -0.3 is 25.2 Å². The molecule has 1 saturated heterocycles. The van der Waals surface area contributed by atoms with Crippen molar-refractivity contribution in [3.05, 3.63) is 29.8 Å². The Morgan fingerprint density at radius 2 is 1.86 bits per heavy atom. The predicted octanol–water partition coefficient (Wildman–Crippen LogP) is -1.50. The lowest BCUT2D eigenvalue weighted by atomic mass is 10.1. The maximum absolute atomic E-state index is 12.0. The Balaban J connectivity index is 2.10. The van der Waals surface area contributed by atoms with Crippen LogP contribution in [-0.2, 0) is 19.0 Å².